The summed E-state index contributed by atoms with van der Waals surface area (Å²) in [7, 11) is 0. The van der Waals surface area contributed by atoms with Crippen LogP contribution in [0, 0.1) is 5.82 Å². The van der Waals surface area contributed by atoms with Gasteiger partial charge >= 0.3 is 0 Å². The molecular weight excluding hydrogens is 355 g/mol. The molecule has 0 aliphatic heterocycles. The van der Waals surface area contributed by atoms with E-state index in [4.69, 9.17) is 4.42 Å². The second-order valence-electron chi connectivity index (χ2n) is 5.47. The molecule has 0 spiro atoms. The van der Waals surface area contributed by atoms with Crippen molar-refractivity contribution in [3.8, 4) is 22.0 Å². The van der Waals surface area contributed by atoms with Crippen molar-refractivity contribution in [1.29, 1.82) is 0 Å². The fourth-order valence-corrected chi connectivity index (χ4v) is 3.12. The number of thiophene rings is 1. The van der Waals surface area contributed by atoms with Crippen LogP contribution in [0.25, 0.3) is 22.0 Å². The SMILES string of the molecule is O=C(NCc1coc(-c2cccs2)n1)c1cn[nH]c1-c1ccc(F)cc1. The Morgan fingerprint density at radius 2 is 2.12 bits per heavy atom. The molecule has 3 heterocycles. The molecule has 8 heteroatoms. The van der Waals surface area contributed by atoms with Crippen molar-refractivity contribution in [2.75, 3.05) is 0 Å². The fraction of sp³-hybridized carbons (Fsp3) is 0.0556. The van der Waals surface area contributed by atoms with Crippen molar-refractivity contribution in [3.63, 3.8) is 0 Å². The first kappa shape index (κ1) is 16.2. The molecule has 0 aliphatic rings. The Morgan fingerprint density at radius 1 is 1.27 bits per heavy atom. The van der Waals surface area contributed by atoms with Gasteiger partial charge in [-0.25, -0.2) is 9.37 Å². The van der Waals surface area contributed by atoms with E-state index in [-0.39, 0.29) is 18.3 Å². The Morgan fingerprint density at radius 3 is 2.88 bits per heavy atom. The summed E-state index contributed by atoms with van der Waals surface area (Å²) in [5.74, 6) is -0.120. The van der Waals surface area contributed by atoms with E-state index >= 15 is 0 Å². The van der Waals surface area contributed by atoms with Crippen LogP contribution < -0.4 is 5.32 Å². The smallest absolute Gasteiger partial charge is 0.255 e. The lowest BCUT2D eigenvalue weighted by atomic mass is 10.1. The van der Waals surface area contributed by atoms with Crippen molar-refractivity contribution in [2.45, 2.75) is 6.54 Å². The molecule has 0 saturated carbocycles. The van der Waals surface area contributed by atoms with Gasteiger partial charge in [0.25, 0.3) is 5.91 Å². The molecule has 3 aromatic heterocycles. The molecule has 130 valence electrons. The van der Waals surface area contributed by atoms with Crippen LogP contribution in [-0.4, -0.2) is 21.1 Å². The molecule has 0 atom stereocenters. The molecular formula is C18H13FN4O2S. The van der Waals surface area contributed by atoms with Gasteiger partial charge in [-0.3, -0.25) is 9.89 Å². The van der Waals surface area contributed by atoms with Crippen LogP contribution >= 0.6 is 11.3 Å². The van der Waals surface area contributed by atoms with Crippen molar-refractivity contribution in [3.05, 3.63) is 71.3 Å². The predicted octanol–water partition coefficient (Wildman–Crippen LogP) is 3.86. The highest BCUT2D eigenvalue weighted by Crippen LogP contribution is 2.24. The topological polar surface area (TPSA) is 83.8 Å². The monoisotopic (exact) mass is 368 g/mol. The Hall–Kier alpha value is -3.26. The zero-order valence-electron chi connectivity index (χ0n) is 13.4. The maximum Gasteiger partial charge on any atom is 0.255 e. The minimum Gasteiger partial charge on any atom is -0.443 e. The van der Waals surface area contributed by atoms with Crippen LogP contribution in [0.15, 0.2) is 58.7 Å². The standard InChI is InChI=1S/C18H13FN4O2S/c19-12-5-3-11(4-6-12)16-14(9-21-23-16)17(24)20-8-13-10-25-18(22-13)15-2-1-7-26-15/h1-7,9-10H,8H2,(H,20,24)(H,21,23). The summed E-state index contributed by atoms with van der Waals surface area (Å²) in [6.45, 7) is 0.224. The number of benzene rings is 1. The molecule has 1 aromatic carbocycles. The largest absolute Gasteiger partial charge is 0.443 e. The average Bonchev–Trinajstić information content (AvgIpc) is 3.40. The summed E-state index contributed by atoms with van der Waals surface area (Å²) in [6, 6.07) is 9.68. The predicted molar refractivity (Wildman–Crippen MR) is 95.0 cm³/mol. The van der Waals surface area contributed by atoms with E-state index in [1.54, 1.807) is 12.1 Å². The lowest BCUT2D eigenvalue weighted by Gasteiger charge is -2.04. The highest BCUT2D eigenvalue weighted by Gasteiger charge is 2.16. The van der Waals surface area contributed by atoms with Gasteiger partial charge in [-0.2, -0.15) is 5.10 Å². The number of H-pyrrole nitrogens is 1. The molecule has 0 saturated heterocycles. The molecule has 0 unspecified atom stereocenters. The van der Waals surface area contributed by atoms with Gasteiger partial charge in [-0.1, -0.05) is 6.07 Å². The second-order valence-corrected chi connectivity index (χ2v) is 6.42. The van der Waals surface area contributed by atoms with Crippen LogP contribution in [-0.2, 0) is 6.54 Å². The van der Waals surface area contributed by atoms with Gasteiger partial charge in [-0.15, -0.1) is 11.3 Å². The van der Waals surface area contributed by atoms with Crippen molar-refractivity contribution in [1.82, 2.24) is 20.5 Å². The van der Waals surface area contributed by atoms with Crippen LogP contribution in [0.3, 0.4) is 0 Å². The van der Waals surface area contributed by atoms with E-state index in [1.807, 2.05) is 17.5 Å². The number of nitrogens with one attached hydrogen (secondary N) is 2. The fourth-order valence-electron chi connectivity index (χ4n) is 2.46. The molecule has 4 rings (SSSR count). The van der Waals surface area contributed by atoms with Crippen molar-refractivity contribution in [2.24, 2.45) is 0 Å². The number of aromatic nitrogens is 3. The maximum atomic E-state index is 13.1. The molecule has 1 amide bonds. The first-order valence-electron chi connectivity index (χ1n) is 7.76. The Bertz CT molecular complexity index is 1020. The number of aromatic amines is 1. The first-order chi connectivity index (χ1) is 12.7. The summed E-state index contributed by atoms with van der Waals surface area (Å²) < 4.78 is 18.5. The minimum absolute atomic E-state index is 0.224. The summed E-state index contributed by atoms with van der Waals surface area (Å²) in [6.07, 6.45) is 2.96. The van der Waals surface area contributed by atoms with Gasteiger partial charge in [0.2, 0.25) is 5.89 Å². The van der Waals surface area contributed by atoms with Gasteiger partial charge in [-0.05, 0) is 35.7 Å². The Kier molecular flexibility index (Phi) is 4.32. The summed E-state index contributed by atoms with van der Waals surface area (Å²) >= 11 is 1.53. The number of halogens is 1. The molecule has 6 nitrogen and oxygen atoms in total. The van der Waals surface area contributed by atoms with E-state index in [1.165, 1.54) is 35.9 Å². The molecule has 4 aromatic rings. The van der Waals surface area contributed by atoms with Gasteiger partial charge in [0, 0.05) is 5.56 Å². The van der Waals surface area contributed by atoms with Gasteiger partial charge in [0.15, 0.2) is 0 Å². The number of hydrogen-bond acceptors (Lipinski definition) is 5. The Labute approximate surface area is 151 Å². The number of carbonyl (C=O) groups is 1. The highest BCUT2D eigenvalue weighted by molar-refractivity contribution is 7.13. The third-order valence-corrected chi connectivity index (χ3v) is 4.59. The van der Waals surface area contributed by atoms with E-state index in [0.29, 0.717) is 28.4 Å². The number of rotatable bonds is 5. The van der Waals surface area contributed by atoms with Crippen LogP contribution in [0.5, 0.6) is 0 Å². The van der Waals surface area contributed by atoms with Crippen LogP contribution in [0.2, 0.25) is 0 Å². The highest BCUT2D eigenvalue weighted by atomic mass is 32.1. The van der Waals surface area contributed by atoms with E-state index in [0.717, 1.165) is 4.88 Å². The molecule has 0 fully saturated rings. The van der Waals surface area contributed by atoms with Crippen molar-refractivity contribution >= 4 is 17.2 Å². The normalized spacial score (nSPS) is 10.8. The molecule has 26 heavy (non-hydrogen) atoms. The van der Waals surface area contributed by atoms with Gasteiger partial charge in [0.05, 0.1) is 34.6 Å². The first-order valence-corrected chi connectivity index (χ1v) is 8.64. The zero-order valence-corrected chi connectivity index (χ0v) is 14.2. The number of nitrogens with zero attached hydrogens (tertiary/aromatic N) is 2. The second kappa shape index (κ2) is 6.93. The maximum absolute atomic E-state index is 13.1. The molecule has 0 aliphatic carbocycles. The van der Waals surface area contributed by atoms with Crippen LogP contribution in [0.1, 0.15) is 16.1 Å². The minimum atomic E-state index is -0.341. The molecule has 0 bridgehead atoms. The van der Waals surface area contributed by atoms with Gasteiger partial charge in [0.1, 0.15) is 12.1 Å². The van der Waals surface area contributed by atoms with Gasteiger partial charge < -0.3 is 9.73 Å². The molecule has 0 radical (unpaired) electrons. The Balaban J connectivity index is 1.46. The van der Waals surface area contributed by atoms with E-state index < -0.39 is 0 Å². The summed E-state index contributed by atoms with van der Waals surface area (Å²) in [4.78, 5) is 17.8. The number of amides is 1. The number of oxazole rings is 1. The van der Waals surface area contributed by atoms with E-state index in [9.17, 15) is 9.18 Å². The lowest BCUT2D eigenvalue weighted by Crippen LogP contribution is -2.23. The van der Waals surface area contributed by atoms with E-state index in [2.05, 4.69) is 20.5 Å². The summed E-state index contributed by atoms with van der Waals surface area (Å²) in [5, 5.41) is 11.4. The average molecular weight is 368 g/mol. The quantitative estimate of drug-likeness (QED) is 0.560. The number of carbonyl (C=O) groups excluding carboxylic acids is 1. The third kappa shape index (κ3) is 3.27. The molecule has 2 N–H and O–H groups in total. The third-order valence-electron chi connectivity index (χ3n) is 3.73. The van der Waals surface area contributed by atoms with Crippen LogP contribution in [0.4, 0.5) is 4.39 Å². The summed E-state index contributed by atoms with van der Waals surface area (Å²) in [5.41, 5.74) is 2.20. The zero-order chi connectivity index (χ0) is 17.9. The number of hydrogen-bond donors (Lipinski definition) is 2. The lowest BCUT2D eigenvalue weighted by molar-refractivity contribution is 0.0951. The van der Waals surface area contributed by atoms with Crippen molar-refractivity contribution < 1.29 is 13.6 Å².